The number of sulfone groups is 1. The van der Waals surface area contributed by atoms with E-state index in [0.717, 1.165) is 5.56 Å². The molecule has 1 saturated heterocycles. The highest BCUT2D eigenvalue weighted by atomic mass is 35.5. The summed E-state index contributed by atoms with van der Waals surface area (Å²) in [5, 5.41) is 0.980. The summed E-state index contributed by atoms with van der Waals surface area (Å²) in [6.07, 6.45) is 0.515. The third-order valence-electron chi connectivity index (χ3n) is 3.99. The number of amides is 1. The maximum atomic E-state index is 12.3. The fourth-order valence-electron chi connectivity index (χ4n) is 2.63. The van der Waals surface area contributed by atoms with Gasteiger partial charge >= 0.3 is 0 Å². The minimum Gasteiger partial charge on any atom is -0.341 e. The van der Waals surface area contributed by atoms with Gasteiger partial charge in [-0.05, 0) is 31.2 Å². The van der Waals surface area contributed by atoms with Crippen molar-refractivity contribution in [3.63, 3.8) is 0 Å². The van der Waals surface area contributed by atoms with Gasteiger partial charge in [0.15, 0.2) is 9.84 Å². The minimum absolute atomic E-state index is 0.0613. The summed E-state index contributed by atoms with van der Waals surface area (Å²) in [5.41, 5.74) is 0.959. The largest absolute Gasteiger partial charge is 0.341 e. The van der Waals surface area contributed by atoms with Gasteiger partial charge in [-0.25, -0.2) is 8.42 Å². The Kier molecular flexibility index (Phi) is 5.94. The van der Waals surface area contributed by atoms with Gasteiger partial charge in [-0.15, -0.1) is 0 Å². The molecule has 8 heteroatoms. The van der Waals surface area contributed by atoms with E-state index in [1.165, 1.54) is 0 Å². The van der Waals surface area contributed by atoms with Crippen LogP contribution in [0.5, 0.6) is 0 Å². The summed E-state index contributed by atoms with van der Waals surface area (Å²) in [6, 6.07) is 5.15. The average Bonchev–Trinajstić information content (AvgIpc) is 2.82. The number of carbonyl (C=O) groups is 1. The molecule has 0 aliphatic carbocycles. The van der Waals surface area contributed by atoms with Crippen molar-refractivity contribution >= 4 is 38.9 Å². The van der Waals surface area contributed by atoms with Crippen LogP contribution < -0.4 is 0 Å². The summed E-state index contributed by atoms with van der Waals surface area (Å²) < 4.78 is 23.0. The van der Waals surface area contributed by atoms with Crippen LogP contribution in [0.4, 0.5) is 0 Å². The predicted octanol–water partition coefficient (Wildman–Crippen LogP) is 2.07. The van der Waals surface area contributed by atoms with Gasteiger partial charge in [-0.1, -0.05) is 29.3 Å². The molecule has 0 bridgehead atoms. The topological polar surface area (TPSA) is 57.7 Å². The second-order valence-electron chi connectivity index (χ2n) is 5.98. The first-order valence-corrected chi connectivity index (χ1v) is 9.84. The Bertz CT molecular complexity index is 694. The molecule has 0 spiro atoms. The van der Waals surface area contributed by atoms with Crippen molar-refractivity contribution in [2.75, 3.05) is 32.1 Å². The molecule has 1 aromatic carbocycles. The molecule has 5 nitrogen and oxygen atoms in total. The van der Waals surface area contributed by atoms with Crippen molar-refractivity contribution in [2.24, 2.45) is 0 Å². The molecule has 128 valence electrons. The zero-order chi connectivity index (χ0) is 17.2. The standard InChI is InChI=1S/C15H20Cl2N2O3S/c1-18(8-11-3-4-13(16)14(17)7-11)9-15(20)19(2)12-5-6-23(21,22)10-12/h3-4,7,12H,5-6,8-10H2,1-2H3/t12-/m0/s1. The molecule has 1 aliphatic rings. The van der Waals surface area contributed by atoms with E-state index in [1.807, 2.05) is 18.0 Å². The first-order chi connectivity index (χ1) is 10.7. The second kappa shape index (κ2) is 7.38. The minimum atomic E-state index is -2.99. The summed E-state index contributed by atoms with van der Waals surface area (Å²) in [6.45, 7) is 0.771. The first-order valence-electron chi connectivity index (χ1n) is 7.26. The molecular weight excluding hydrogens is 359 g/mol. The third-order valence-corrected chi connectivity index (χ3v) is 6.48. The van der Waals surface area contributed by atoms with Crippen molar-refractivity contribution in [1.29, 1.82) is 0 Å². The van der Waals surface area contributed by atoms with E-state index in [4.69, 9.17) is 23.2 Å². The van der Waals surface area contributed by atoms with Crippen molar-refractivity contribution in [3.8, 4) is 0 Å². The van der Waals surface area contributed by atoms with Gasteiger partial charge < -0.3 is 4.90 Å². The number of rotatable bonds is 5. The summed E-state index contributed by atoms with van der Waals surface area (Å²) in [4.78, 5) is 15.7. The van der Waals surface area contributed by atoms with Crippen LogP contribution in [-0.4, -0.2) is 62.3 Å². The monoisotopic (exact) mass is 378 g/mol. The lowest BCUT2D eigenvalue weighted by atomic mass is 10.2. The molecule has 1 fully saturated rings. The Morgan fingerprint density at radius 2 is 1.96 bits per heavy atom. The van der Waals surface area contributed by atoms with Crippen molar-refractivity contribution in [1.82, 2.24) is 9.80 Å². The molecule has 1 amide bonds. The second-order valence-corrected chi connectivity index (χ2v) is 9.03. The highest BCUT2D eigenvalue weighted by Crippen LogP contribution is 2.23. The van der Waals surface area contributed by atoms with E-state index in [9.17, 15) is 13.2 Å². The lowest BCUT2D eigenvalue weighted by Crippen LogP contribution is -2.42. The van der Waals surface area contributed by atoms with E-state index < -0.39 is 9.84 Å². The number of hydrogen-bond donors (Lipinski definition) is 0. The Morgan fingerprint density at radius 3 is 2.52 bits per heavy atom. The number of benzene rings is 1. The molecule has 1 aliphatic heterocycles. The summed E-state index contributed by atoms with van der Waals surface area (Å²) in [7, 11) is 0.506. The molecule has 2 rings (SSSR count). The van der Waals surface area contributed by atoms with E-state index in [1.54, 1.807) is 24.1 Å². The van der Waals surface area contributed by atoms with E-state index in [2.05, 4.69) is 0 Å². The average molecular weight is 379 g/mol. The maximum Gasteiger partial charge on any atom is 0.236 e. The van der Waals surface area contributed by atoms with Gasteiger partial charge in [0.05, 0.1) is 28.1 Å². The first kappa shape index (κ1) is 18.5. The van der Waals surface area contributed by atoms with Crippen molar-refractivity contribution in [2.45, 2.75) is 19.0 Å². The Morgan fingerprint density at radius 1 is 1.26 bits per heavy atom. The normalized spacial score (nSPS) is 20.0. The molecule has 23 heavy (non-hydrogen) atoms. The van der Waals surface area contributed by atoms with Crippen LogP contribution in [0.15, 0.2) is 18.2 Å². The number of hydrogen-bond acceptors (Lipinski definition) is 4. The zero-order valence-electron chi connectivity index (χ0n) is 13.1. The highest BCUT2D eigenvalue weighted by molar-refractivity contribution is 7.91. The third kappa shape index (κ3) is 5.08. The number of likely N-dealkylation sites (N-methyl/N-ethyl adjacent to an activating group) is 2. The van der Waals surface area contributed by atoms with Gasteiger partial charge in [0, 0.05) is 19.6 Å². The molecular formula is C15H20Cl2N2O3S. The van der Waals surface area contributed by atoms with E-state index in [-0.39, 0.29) is 30.0 Å². The quantitative estimate of drug-likeness (QED) is 0.786. The molecule has 1 aromatic rings. The number of carbonyl (C=O) groups excluding carboxylic acids is 1. The van der Waals surface area contributed by atoms with Gasteiger partial charge in [0.2, 0.25) is 5.91 Å². The van der Waals surface area contributed by atoms with Crippen molar-refractivity contribution in [3.05, 3.63) is 33.8 Å². The fourth-order valence-corrected chi connectivity index (χ4v) is 4.73. The summed E-state index contributed by atoms with van der Waals surface area (Å²) in [5.74, 6) is 0.134. The number of nitrogens with zero attached hydrogens (tertiary/aromatic N) is 2. The Hall–Kier alpha value is -0.820. The smallest absolute Gasteiger partial charge is 0.236 e. The summed E-state index contributed by atoms with van der Waals surface area (Å²) >= 11 is 11.9. The van der Waals surface area contributed by atoms with Crippen LogP contribution >= 0.6 is 23.2 Å². The van der Waals surface area contributed by atoms with Crippen LogP contribution in [0.3, 0.4) is 0 Å². The van der Waals surface area contributed by atoms with Crippen molar-refractivity contribution < 1.29 is 13.2 Å². The van der Waals surface area contributed by atoms with E-state index in [0.29, 0.717) is 23.0 Å². The molecule has 0 unspecified atom stereocenters. The van der Waals surface area contributed by atoms with Gasteiger partial charge in [-0.3, -0.25) is 9.69 Å². The molecule has 0 radical (unpaired) electrons. The Labute approximate surface area is 147 Å². The lowest BCUT2D eigenvalue weighted by Gasteiger charge is -2.26. The molecule has 0 aromatic heterocycles. The maximum absolute atomic E-state index is 12.3. The highest BCUT2D eigenvalue weighted by Gasteiger charge is 2.32. The SMILES string of the molecule is CN(CC(=O)N(C)[C@H]1CCS(=O)(=O)C1)Cc1ccc(Cl)c(Cl)c1. The fraction of sp³-hybridized carbons (Fsp3) is 0.533. The van der Waals surface area contributed by atoms with Gasteiger partial charge in [0.25, 0.3) is 0 Å². The van der Waals surface area contributed by atoms with Gasteiger partial charge in [-0.2, -0.15) is 0 Å². The van der Waals surface area contributed by atoms with Crippen LogP contribution in [0.2, 0.25) is 10.0 Å². The van der Waals surface area contributed by atoms with Crippen LogP contribution in [-0.2, 0) is 21.2 Å². The van der Waals surface area contributed by atoms with E-state index >= 15 is 0 Å². The Balaban J connectivity index is 1.90. The molecule has 0 saturated carbocycles. The lowest BCUT2D eigenvalue weighted by molar-refractivity contribution is -0.132. The van der Waals surface area contributed by atoms with Crippen LogP contribution in [0.25, 0.3) is 0 Å². The number of halogens is 2. The van der Waals surface area contributed by atoms with Crippen LogP contribution in [0.1, 0.15) is 12.0 Å². The van der Waals surface area contributed by atoms with Gasteiger partial charge in [0.1, 0.15) is 0 Å². The molecule has 1 atom stereocenters. The zero-order valence-corrected chi connectivity index (χ0v) is 15.5. The molecule has 1 heterocycles. The predicted molar refractivity (Wildman–Crippen MR) is 92.6 cm³/mol. The molecule has 0 N–H and O–H groups in total. The van der Waals surface area contributed by atoms with Crippen LogP contribution in [0, 0.1) is 0 Å².